The highest BCUT2D eigenvalue weighted by atomic mass is 32.2. The van der Waals surface area contributed by atoms with E-state index in [9.17, 15) is 18.0 Å². The van der Waals surface area contributed by atoms with E-state index in [4.69, 9.17) is 5.11 Å². The molecule has 1 amide bonds. The molecule has 0 bridgehead atoms. The van der Waals surface area contributed by atoms with E-state index in [1.54, 1.807) is 13.8 Å². The summed E-state index contributed by atoms with van der Waals surface area (Å²) in [7, 11) is -3.40. The highest BCUT2D eigenvalue weighted by Crippen LogP contribution is 2.18. The molecule has 0 aromatic rings. The van der Waals surface area contributed by atoms with Crippen molar-refractivity contribution in [2.75, 3.05) is 18.8 Å². The van der Waals surface area contributed by atoms with Crippen LogP contribution >= 0.6 is 0 Å². The van der Waals surface area contributed by atoms with Crippen LogP contribution in [0.25, 0.3) is 0 Å². The summed E-state index contributed by atoms with van der Waals surface area (Å²) in [5, 5.41) is 8.33. The summed E-state index contributed by atoms with van der Waals surface area (Å²) in [4.78, 5) is 24.2. The molecule has 0 aromatic carbocycles. The summed E-state index contributed by atoms with van der Waals surface area (Å²) < 4.78 is 23.7. The molecule has 6 nitrogen and oxygen atoms in total. The Morgan fingerprint density at radius 3 is 2.26 bits per heavy atom. The van der Waals surface area contributed by atoms with E-state index in [-0.39, 0.29) is 0 Å². The Bertz CT molecular complexity index is 437. The lowest BCUT2D eigenvalue weighted by Crippen LogP contribution is -2.43. The van der Waals surface area contributed by atoms with Crippen molar-refractivity contribution in [3.63, 3.8) is 0 Å². The lowest BCUT2D eigenvalue weighted by Gasteiger charge is -2.30. The lowest BCUT2D eigenvalue weighted by molar-refractivity contribution is -0.145. The Hall–Kier alpha value is -1.11. The molecule has 19 heavy (non-hydrogen) atoms. The number of carbonyl (C=O) groups is 2. The van der Waals surface area contributed by atoms with Gasteiger partial charge in [-0.25, -0.2) is 8.42 Å². The van der Waals surface area contributed by atoms with E-state index in [2.05, 4.69) is 0 Å². The van der Waals surface area contributed by atoms with Gasteiger partial charge < -0.3 is 10.0 Å². The molecule has 1 N–H and O–H groups in total. The number of rotatable bonds is 5. The first-order valence-electron chi connectivity index (χ1n) is 6.50. The van der Waals surface area contributed by atoms with Gasteiger partial charge in [0.05, 0.1) is 11.2 Å². The molecular weight excluding hydrogens is 270 g/mol. The summed E-state index contributed by atoms with van der Waals surface area (Å²) in [5.41, 5.74) is 0. The number of sulfone groups is 1. The fraction of sp³-hybridized carbons (Fsp3) is 0.833. The van der Waals surface area contributed by atoms with Crippen molar-refractivity contribution in [1.82, 2.24) is 4.90 Å². The molecule has 1 rings (SSSR count). The van der Waals surface area contributed by atoms with E-state index < -0.39 is 38.6 Å². The first kappa shape index (κ1) is 15.9. The number of carboxylic acids is 1. The molecule has 1 heterocycles. The maximum atomic E-state index is 11.9. The monoisotopic (exact) mass is 291 g/mol. The van der Waals surface area contributed by atoms with Crippen molar-refractivity contribution in [3.8, 4) is 0 Å². The van der Waals surface area contributed by atoms with Crippen LogP contribution in [-0.2, 0) is 19.4 Å². The maximum absolute atomic E-state index is 11.9. The molecular formula is C12H21NO5S. The van der Waals surface area contributed by atoms with Crippen molar-refractivity contribution in [3.05, 3.63) is 0 Å². The van der Waals surface area contributed by atoms with E-state index >= 15 is 0 Å². The molecule has 110 valence electrons. The van der Waals surface area contributed by atoms with Gasteiger partial charge in [0.15, 0.2) is 9.84 Å². The van der Waals surface area contributed by atoms with Crippen LogP contribution in [0, 0.1) is 5.92 Å². The minimum atomic E-state index is -3.40. The molecule has 1 fully saturated rings. The zero-order valence-corrected chi connectivity index (χ0v) is 12.1. The van der Waals surface area contributed by atoms with Crippen molar-refractivity contribution < 1.29 is 23.1 Å². The second kappa shape index (κ2) is 6.36. The smallest absolute Gasteiger partial charge is 0.306 e. The third-order valence-electron chi connectivity index (χ3n) is 3.71. The molecule has 1 atom stereocenters. The second-order valence-corrected chi connectivity index (χ2v) is 7.44. The minimum Gasteiger partial charge on any atom is -0.481 e. The van der Waals surface area contributed by atoms with Crippen molar-refractivity contribution in [1.29, 1.82) is 0 Å². The SMILES string of the molecule is CCC(C)S(=O)(=O)CC(=O)N1CCC(C(=O)O)CC1. The third kappa shape index (κ3) is 4.19. The normalized spacial score (nSPS) is 19.2. The van der Waals surface area contributed by atoms with Gasteiger partial charge in [0.2, 0.25) is 5.91 Å². The van der Waals surface area contributed by atoms with Crippen molar-refractivity contribution in [2.24, 2.45) is 5.92 Å². The van der Waals surface area contributed by atoms with Gasteiger partial charge >= 0.3 is 5.97 Å². The largest absolute Gasteiger partial charge is 0.481 e. The van der Waals surface area contributed by atoms with E-state index in [1.165, 1.54) is 4.90 Å². The molecule has 7 heteroatoms. The average molecular weight is 291 g/mol. The van der Waals surface area contributed by atoms with E-state index in [0.717, 1.165) is 0 Å². The molecule has 1 unspecified atom stereocenters. The van der Waals surface area contributed by atoms with E-state index in [1.807, 2.05) is 0 Å². The quantitative estimate of drug-likeness (QED) is 0.797. The number of hydrogen-bond donors (Lipinski definition) is 1. The summed E-state index contributed by atoms with van der Waals surface area (Å²) in [6, 6.07) is 0. The zero-order chi connectivity index (χ0) is 14.6. The van der Waals surface area contributed by atoms with Gasteiger partial charge in [-0.2, -0.15) is 0 Å². The molecule has 0 aromatic heterocycles. The number of carboxylic acid groups (broad SMARTS) is 1. The zero-order valence-electron chi connectivity index (χ0n) is 11.3. The Labute approximate surface area is 113 Å². The number of aliphatic carboxylic acids is 1. The topological polar surface area (TPSA) is 91.8 Å². The van der Waals surface area contributed by atoms with Crippen LogP contribution in [0.1, 0.15) is 33.1 Å². The number of hydrogen-bond acceptors (Lipinski definition) is 4. The van der Waals surface area contributed by atoms with Crippen LogP contribution in [0.3, 0.4) is 0 Å². The molecule has 1 saturated heterocycles. The van der Waals surface area contributed by atoms with Gasteiger partial charge in [0.25, 0.3) is 0 Å². The first-order valence-corrected chi connectivity index (χ1v) is 8.21. The molecule has 1 aliphatic heterocycles. The summed E-state index contributed by atoms with van der Waals surface area (Å²) in [5.74, 6) is -2.15. The Balaban J connectivity index is 2.55. The van der Waals surface area contributed by atoms with Gasteiger partial charge in [-0.1, -0.05) is 6.92 Å². The van der Waals surface area contributed by atoms with Gasteiger partial charge in [0, 0.05) is 13.1 Å². The fourth-order valence-corrected chi connectivity index (χ4v) is 3.35. The number of likely N-dealkylation sites (tertiary alicyclic amines) is 1. The Kier molecular flexibility index (Phi) is 5.34. The number of nitrogens with zero attached hydrogens (tertiary/aromatic N) is 1. The molecule has 0 saturated carbocycles. The van der Waals surface area contributed by atoms with Crippen LogP contribution < -0.4 is 0 Å². The molecule has 0 aliphatic carbocycles. The number of piperidine rings is 1. The summed E-state index contributed by atoms with van der Waals surface area (Å²) in [6.07, 6.45) is 1.27. The van der Waals surface area contributed by atoms with Crippen LogP contribution in [-0.4, -0.2) is 54.4 Å². The Morgan fingerprint density at radius 1 is 1.32 bits per heavy atom. The van der Waals surface area contributed by atoms with Gasteiger partial charge in [-0.3, -0.25) is 9.59 Å². The van der Waals surface area contributed by atoms with Crippen LogP contribution in [0.2, 0.25) is 0 Å². The van der Waals surface area contributed by atoms with Gasteiger partial charge in [-0.15, -0.1) is 0 Å². The number of amides is 1. The highest BCUT2D eigenvalue weighted by Gasteiger charge is 2.30. The van der Waals surface area contributed by atoms with Gasteiger partial charge in [-0.05, 0) is 26.2 Å². The minimum absolute atomic E-state index is 0.325. The van der Waals surface area contributed by atoms with Crippen LogP contribution in [0.4, 0.5) is 0 Å². The molecule has 1 aliphatic rings. The standard InChI is InChI=1S/C12H21NO5S/c1-3-9(2)19(17,18)8-11(14)13-6-4-10(5-7-13)12(15)16/h9-10H,3-8H2,1-2H3,(H,15,16). The summed E-state index contributed by atoms with van der Waals surface area (Å²) >= 11 is 0. The predicted molar refractivity (Wildman–Crippen MR) is 70.5 cm³/mol. The first-order chi connectivity index (χ1) is 8.77. The van der Waals surface area contributed by atoms with Crippen molar-refractivity contribution in [2.45, 2.75) is 38.4 Å². The van der Waals surface area contributed by atoms with Crippen LogP contribution in [0.15, 0.2) is 0 Å². The molecule has 0 spiro atoms. The second-order valence-electron chi connectivity index (χ2n) is 5.02. The third-order valence-corrected chi connectivity index (χ3v) is 5.92. The van der Waals surface area contributed by atoms with Gasteiger partial charge in [0.1, 0.15) is 5.75 Å². The Morgan fingerprint density at radius 2 is 1.84 bits per heavy atom. The predicted octanol–water partition coefficient (Wildman–Crippen LogP) is 0.523. The summed E-state index contributed by atoms with van der Waals surface area (Å²) in [6.45, 7) is 4.02. The maximum Gasteiger partial charge on any atom is 0.306 e. The van der Waals surface area contributed by atoms with E-state index in [0.29, 0.717) is 32.4 Å². The highest BCUT2D eigenvalue weighted by molar-refractivity contribution is 7.92. The average Bonchev–Trinajstić information content (AvgIpc) is 2.37. The lowest BCUT2D eigenvalue weighted by atomic mass is 9.97. The van der Waals surface area contributed by atoms with Crippen molar-refractivity contribution >= 4 is 21.7 Å². The molecule has 0 radical (unpaired) electrons. The fourth-order valence-electron chi connectivity index (χ4n) is 2.04. The van der Waals surface area contributed by atoms with Crippen LogP contribution in [0.5, 0.6) is 0 Å². The number of carbonyl (C=O) groups excluding carboxylic acids is 1.